The molecule has 250 valence electrons. The van der Waals surface area contributed by atoms with Crippen LogP contribution in [0.5, 0.6) is 5.75 Å². The molecular weight excluding hydrogens is 578 g/mol. The van der Waals surface area contributed by atoms with Crippen LogP contribution in [0.25, 0.3) is 0 Å². The number of hydrogen-bond donors (Lipinski definition) is 2. The third kappa shape index (κ3) is 10.1. The molecule has 0 bridgehead atoms. The molecule has 0 aromatic heterocycles. The number of nitrogens with two attached hydrogens (primary N) is 1. The number of likely N-dealkylation sites (tertiary alicyclic amines) is 1. The fraction of sp³-hybridized carbons (Fsp3) is 0.618. The molecule has 1 fully saturated rings. The monoisotopic (exact) mass is 629 g/mol. The van der Waals surface area contributed by atoms with Crippen molar-refractivity contribution in [1.29, 1.82) is 0 Å². The molecule has 45 heavy (non-hydrogen) atoms. The van der Waals surface area contributed by atoms with Crippen molar-refractivity contribution in [2.45, 2.75) is 63.8 Å². The van der Waals surface area contributed by atoms with Crippen LogP contribution in [-0.2, 0) is 41.7 Å². The van der Waals surface area contributed by atoms with E-state index in [-0.39, 0.29) is 24.5 Å². The maximum atomic E-state index is 13.1. The first-order valence-electron chi connectivity index (χ1n) is 15.9. The van der Waals surface area contributed by atoms with E-state index in [9.17, 15) is 9.90 Å². The zero-order valence-electron chi connectivity index (χ0n) is 27.2. The average Bonchev–Trinajstić information content (AvgIpc) is 3.04. The fourth-order valence-corrected chi connectivity index (χ4v) is 5.86. The number of ether oxygens (including phenoxy) is 6. The maximum Gasteiger partial charge on any atom is 0.239 e. The summed E-state index contributed by atoms with van der Waals surface area (Å²) >= 11 is 0. The van der Waals surface area contributed by atoms with Crippen LogP contribution in [0.15, 0.2) is 42.5 Å². The van der Waals surface area contributed by atoms with Gasteiger partial charge in [-0.2, -0.15) is 0 Å². The summed E-state index contributed by atoms with van der Waals surface area (Å²) in [5.74, 6) is 0.522. The first-order chi connectivity index (χ1) is 21.8. The van der Waals surface area contributed by atoms with Crippen LogP contribution < -0.4 is 15.4 Å². The summed E-state index contributed by atoms with van der Waals surface area (Å²) in [6.45, 7) is 9.19. The summed E-state index contributed by atoms with van der Waals surface area (Å²) in [5.41, 5.74) is 10.2. The molecule has 1 saturated heterocycles. The third-order valence-corrected chi connectivity index (χ3v) is 8.14. The van der Waals surface area contributed by atoms with Crippen LogP contribution in [0.4, 0.5) is 5.69 Å². The summed E-state index contributed by atoms with van der Waals surface area (Å²) in [5, 5.41) is 10.1. The van der Waals surface area contributed by atoms with Gasteiger partial charge in [0, 0.05) is 46.4 Å². The number of rotatable bonds is 17. The number of aliphatic hydroxyl groups is 1. The Labute approximate surface area is 267 Å². The predicted octanol–water partition coefficient (Wildman–Crippen LogP) is 2.71. The number of methoxy groups -OCH3 is 2. The Morgan fingerprint density at radius 1 is 0.978 bits per heavy atom. The molecule has 1 amide bonds. The molecule has 0 radical (unpaired) electrons. The molecule has 2 aromatic rings. The minimum Gasteiger partial charge on any atom is -0.490 e. The van der Waals surface area contributed by atoms with E-state index < -0.39 is 18.2 Å². The van der Waals surface area contributed by atoms with E-state index in [2.05, 4.69) is 23.1 Å². The minimum absolute atomic E-state index is 0.142. The second-order valence-electron chi connectivity index (χ2n) is 11.9. The normalized spacial score (nSPS) is 21.2. The summed E-state index contributed by atoms with van der Waals surface area (Å²) in [4.78, 5) is 17.2. The van der Waals surface area contributed by atoms with Crippen molar-refractivity contribution < 1.29 is 38.3 Å². The molecule has 0 saturated carbocycles. The molecule has 5 atom stereocenters. The van der Waals surface area contributed by atoms with Gasteiger partial charge in [0.05, 0.1) is 69.6 Å². The van der Waals surface area contributed by atoms with Gasteiger partial charge in [-0.05, 0) is 49.1 Å². The minimum atomic E-state index is -0.652. The zero-order chi connectivity index (χ0) is 32.2. The molecule has 2 heterocycles. The first-order valence-corrected chi connectivity index (χ1v) is 15.9. The van der Waals surface area contributed by atoms with Gasteiger partial charge >= 0.3 is 0 Å². The van der Waals surface area contributed by atoms with Crippen molar-refractivity contribution >= 4 is 11.6 Å². The number of amides is 1. The van der Waals surface area contributed by atoms with E-state index in [4.69, 9.17) is 34.2 Å². The lowest BCUT2D eigenvalue weighted by molar-refractivity contribution is -0.148. The average molecular weight is 630 g/mol. The standard InChI is InChI=1S/C34H51N3O8/c1-24(38)21-44-31-19-37(34(39)25(2)35)20-32(33(31)28-9-6-26(7-10-28)22-42-17-16-41-4)45-23-27-8-11-30-29(18-27)36(13-15-43-30)12-5-14-40-3/h6-11,18,24-25,31-33,38H,5,12-17,19-23,35H2,1-4H3/t24-,25+,31-,32+,33+/m1/s1. The summed E-state index contributed by atoms with van der Waals surface area (Å²) in [6, 6.07) is 13.8. The van der Waals surface area contributed by atoms with Crippen LogP contribution in [0, 0.1) is 0 Å². The predicted molar refractivity (Wildman–Crippen MR) is 172 cm³/mol. The Balaban J connectivity index is 1.57. The number of carbonyl (C=O) groups is 1. The molecule has 0 spiro atoms. The van der Waals surface area contributed by atoms with E-state index in [0.717, 1.165) is 47.6 Å². The van der Waals surface area contributed by atoms with Crippen LogP contribution >= 0.6 is 0 Å². The Hall–Kier alpha value is -2.77. The van der Waals surface area contributed by atoms with Gasteiger partial charge in [0.25, 0.3) is 0 Å². The summed E-state index contributed by atoms with van der Waals surface area (Å²) in [6.07, 6.45) is -0.511. The lowest BCUT2D eigenvalue weighted by atomic mass is 9.83. The van der Waals surface area contributed by atoms with Gasteiger partial charge in [0.15, 0.2) is 0 Å². The zero-order valence-corrected chi connectivity index (χ0v) is 27.2. The topological polar surface area (TPSA) is 125 Å². The fourth-order valence-electron chi connectivity index (χ4n) is 5.86. The number of nitrogens with zero attached hydrogens (tertiary/aromatic N) is 2. The molecular formula is C34H51N3O8. The highest BCUT2D eigenvalue weighted by atomic mass is 16.5. The molecule has 11 nitrogen and oxygen atoms in total. The molecule has 11 heteroatoms. The number of anilines is 1. The van der Waals surface area contributed by atoms with Crippen LogP contribution in [-0.4, -0.2) is 114 Å². The van der Waals surface area contributed by atoms with Gasteiger partial charge < -0.3 is 49.1 Å². The van der Waals surface area contributed by atoms with Gasteiger partial charge in [0.1, 0.15) is 12.4 Å². The summed E-state index contributed by atoms with van der Waals surface area (Å²) < 4.78 is 34.9. The van der Waals surface area contributed by atoms with E-state index in [1.807, 2.05) is 24.3 Å². The molecule has 2 aromatic carbocycles. The van der Waals surface area contributed by atoms with Crippen LogP contribution in [0.3, 0.4) is 0 Å². The number of carbonyl (C=O) groups excluding carboxylic acids is 1. The van der Waals surface area contributed by atoms with E-state index in [1.54, 1.807) is 33.0 Å². The van der Waals surface area contributed by atoms with Crippen molar-refractivity contribution in [1.82, 2.24) is 4.90 Å². The van der Waals surface area contributed by atoms with E-state index in [1.165, 1.54) is 0 Å². The molecule has 0 aliphatic carbocycles. The lowest BCUT2D eigenvalue weighted by Crippen LogP contribution is -2.57. The van der Waals surface area contributed by atoms with Gasteiger partial charge in [-0.25, -0.2) is 0 Å². The summed E-state index contributed by atoms with van der Waals surface area (Å²) in [7, 11) is 3.37. The quantitative estimate of drug-likeness (QED) is 0.253. The SMILES string of the molecule is COCCCN1CCOc2ccc(CO[C@H]3CN(C(=O)[C@H](C)N)C[C@@H](OC[C@@H](C)O)[C@@H]3c3ccc(COCCOC)cc3)cc21. The number of fused-ring (bicyclic) bond motifs is 1. The molecule has 3 N–H and O–H groups in total. The highest BCUT2D eigenvalue weighted by Gasteiger charge is 2.41. The largest absolute Gasteiger partial charge is 0.490 e. The maximum absolute atomic E-state index is 13.1. The van der Waals surface area contributed by atoms with Gasteiger partial charge in [0.2, 0.25) is 5.91 Å². The smallest absolute Gasteiger partial charge is 0.239 e. The Bertz CT molecular complexity index is 1180. The second kappa shape index (κ2) is 17.8. The second-order valence-corrected chi connectivity index (χ2v) is 11.9. The van der Waals surface area contributed by atoms with Crippen LogP contribution in [0.1, 0.15) is 42.9 Å². The van der Waals surface area contributed by atoms with E-state index >= 15 is 0 Å². The van der Waals surface area contributed by atoms with Crippen molar-refractivity contribution in [2.24, 2.45) is 5.73 Å². The number of aliphatic hydroxyl groups excluding tert-OH is 1. The highest BCUT2D eigenvalue weighted by molar-refractivity contribution is 5.81. The Morgan fingerprint density at radius 3 is 2.38 bits per heavy atom. The number of piperidine rings is 1. The highest BCUT2D eigenvalue weighted by Crippen LogP contribution is 2.36. The van der Waals surface area contributed by atoms with Crippen molar-refractivity contribution in [3.63, 3.8) is 0 Å². The van der Waals surface area contributed by atoms with Crippen molar-refractivity contribution in [2.75, 3.05) is 78.3 Å². The van der Waals surface area contributed by atoms with Gasteiger partial charge in [-0.15, -0.1) is 0 Å². The van der Waals surface area contributed by atoms with Crippen molar-refractivity contribution in [3.8, 4) is 5.75 Å². The third-order valence-electron chi connectivity index (χ3n) is 8.14. The number of hydrogen-bond acceptors (Lipinski definition) is 10. The Morgan fingerprint density at radius 2 is 1.69 bits per heavy atom. The van der Waals surface area contributed by atoms with Gasteiger partial charge in [-0.3, -0.25) is 4.79 Å². The van der Waals surface area contributed by atoms with Crippen LogP contribution in [0.2, 0.25) is 0 Å². The van der Waals surface area contributed by atoms with E-state index in [0.29, 0.717) is 52.7 Å². The molecule has 2 aliphatic heterocycles. The van der Waals surface area contributed by atoms with Gasteiger partial charge in [-0.1, -0.05) is 30.3 Å². The Kier molecular flexibility index (Phi) is 13.9. The molecule has 0 unspecified atom stereocenters. The van der Waals surface area contributed by atoms with Crippen molar-refractivity contribution in [3.05, 3.63) is 59.2 Å². The number of benzene rings is 2. The molecule has 4 rings (SSSR count). The molecule has 2 aliphatic rings. The lowest BCUT2D eigenvalue weighted by Gasteiger charge is -2.44. The first kappa shape index (κ1) is 35.1.